The summed E-state index contributed by atoms with van der Waals surface area (Å²) in [6, 6.07) is 13.9. The summed E-state index contributed by atoms with van der Waals surface area (Å²) in [5.74, 6) is -1.58. The Morgan fingerprint density at radius 2 is 1.71 bits per heavy atom. The quantitative estimate of drug-likeness (QED) is 0.702. The van der Waals surface area contributed by atoms with E-state index in [0.29, 0.717) is 6.54 Å². The number of alkyl halides is 3. The second-order valence-corrected chi connectivity index (χ2v) is 6.79. The number of carbonyl (C=O) groups excluding carboxylic acids is 1. The molecule has 1 heterocycles. The standard InChI is InChI=1S/C20H21F3N4O/c1-26(2)12-15-8-4-3-7-14(15)11-24-18(28)13-27-17-10-6-5-9-16(17)25-19(27)20(21,22)23/h3-10H,11-13H2,1-2H3,(H,24,28). The minimum atomic E-state index is -4.64. The summed E-state index contributed by atoms with van der Waals surface area (Å²) < 4.78 is 40.9. The van der Waals surface area contributed by atoms with E-state index in [9.17, 15) is 18.0 Å². The Balaban J connectivity index is 1.78. The van der Waals surface area contributed by atoms with Gasteiger partial charge in [-0.2, -0.15) is 13.2 Å². The number of rotatable bonds is 6. The summed E-state index contributed by atoms with van der Waals surface area (Å²) in [5.41, 5.74) is 2.46. The molecule has 0 aliphatic rings. The highest BCUT2D eigenvalue weighted by atomic mass is 19.4. The zero-order valence-electron chi connectivity index (χ0n) is 15.6. The fourth-order valence-corrected chi connectivity index (χ4v) is 3.07. The van der Waals surface area contributed by atoms with E-state index in [2.05, 4.69) is 10.3 Å². The van der Waals surface area contributed by atoms with Crippen LogP contribution in [0, 0.1) is 0 Å². The van der Waals surface area contributed by atoms with Crippen molar-refractivity contribution in [3.05, 3.63) is 65.5 Å². The third kappa shape index (κ3) is 4.51. The van der Waals surface area contributed by atoms with Gasteiger partial charge in [-0.05, 0) is 37.4 Å². The van der Waals surface area contributed by atoms with Gasteiger partial charge in [-0.1, -0.05) is 36.4 Å². The first-order valence-electron chi connectivity index (χ1n) is 8.76. The van der Waals surface area contributed by atoms with Gasteiger partial charge in [-0.15, -0.1) is 0 Å². The van der Waals surface area contributed by atoms with Gasteiger partial charge >= 0.3 is 6.18 Å². The first-order valence-corrected chi connectivity index (χ1v) is 8.76. The Bertz CT molecular complexity index is 979. The topological polar surface area (TPSA) is 50.2 Å². The van der Waals surface area contributed by atoms with Gasteiger partial charge in [0.25, 0.3) is 0 Å². The van der Waals surface area contributed by atoms with E-state index in [4.69, 9.17) is 0 Å². The number of amides is 1. The number of para-hydroxylation sites is 2. The molecule has 0 radical (unpaired) electrons. The van der Waals surface area contributed by atoms with E-state index >= 15 is 0 Å². The first-order chi connectivity index (χ1) is 13.3. The average molecular weight is 390 g/mol. The first kappa shape index (κ1) is 19.9. The van der Waals surface area contributed by atoms with E-state index in [1.807, 2.05) is 43.3 Å². The molecule has 0 saturated carbocycles. The summed E-state index contributed by atoms with van der Waals surface area (Å²) in [5, 5.41) is 2.72. The summed E-state index contributed by atoms with van der Waals surface area (Å²) in [6.45, 7) is 0.498. The molecule has 5 nitrogen and oxygen atoms in total. The number of imidazole rings is 1. The van der Waals surface area contributed by atoms with Crippen molar-refractivity contribution in [2.24, 2.45) is 0 Å². The minimum Gasteiger partial charge on any atom is -0.350 e. The smallest absolute Gasteiger partial charge is 0.350 e. The van der Waals surface area contributed by atoms with Crippen LogP contribution in [0.25, 0.3) is 11.0 Å². The number of fused-ring (bicyclic) bond motifs is 1. The van der Waals surface area contributed by atoms with Crippen molar-refractivity contribution in [2.45, 2.75) is 25.8 Å². The van der Waals surface area contributed by atoms with Gasteiger partial charge in [0.2, 0.25) is 11.7 Å². The van der Waals surface area contributed by atoms with E-state index in [0.717, 1.165) is 15.7 Å². The molecule has 1 aromatic heterocycles. The lowest BCUT2D eigenvalue weighted by Gasteiger charge is -2.15. The van der Waals surface area contributed by atoms with Gasteiger partial charge in [0.15, 0.2) is 0 Å². The van der Waals surface area contributed by atoms with Crippen LogP contribution in [0.15, 0.2) is 48.5 Å². The molecule has 1 amide bonds. The zero-order valence-corrected chi connectivity index (χ0v) is 15.6. The second kappa shape index (κ2) is 8.02. The van der Waals surface area contributed by atoms with E-state index < -0.39 is 24.5 Å². The van der Waals surface area contributed by atoms with Crippen molar-refractivity contribution >= 4 is 16.9 Å². The van der Waals surface area contributed by atoms with Crippen LogP contribution in [0.1, 0.15) is 17.0 Å². The summed E-state index contributed by atoms with van der Waals surface area (Å²) in [6.07, 6.45) is -4.64. The predicted octanol–water partition coefficient (Wildman–Crippen LogP) is 3.43. The molecule has 0 fully saturated rings. The maximum absolute atomic E-state index is 13.3. The van der Waals surface area contributed by atoms with Crippen molar-refractivity contribution in [1.82, 2.24) is 19.8 Å². The molecule has 3 rings (SSSR count). The number of nitrogens with one attached hydrogen (secondary N) is 1. The number of carbonyl (C=O) groups is 1. The molecule has 0 aliphatic carbocycles. The summed E-state index contributed by atoms with van der Waals surface area (Å²) in [4.78, 5) is 18.1. The van der Waals surface area contributed by atoms with Gasteiger partial charge in [-0.25, -0.2) is 4.98 Å². The number of benzene rings is 2. The van der Waals surface area contributed by atoms with Crippen molar-refractivity contribution in [3.63, 3.8) is 0 Å². The van der Waals surface area contributed by atoms with Crippen molar-refractivity contribution in [2.75, 3.05) is 14.1 Å². The lowest BCUT2D eigenvalue weighted by Crippen LogP contribution is -2.29. The normalized spacial score (nSPS) is 11.9. The molecule has 2 aromatic carbocycles. The van der Waals surface area contributed by atoms with Crippen LogP contribution in [0.5, 0.6) is 0 Å². The van der Waals surface area contributed by atoms with E-state index in [1.165, 1.54) is 12.1 Å². The van der Waals surface area contributed by atoms with Crippen LogP contribution in [0.3, 0.4) is 0 Å². The molecule has 0 atom stereocenters. The van der Waals surface area contributed by atoms with Crippen LogP contribution in [-0.4, -0.2) is 34.5 Å². The van der Waals surface area contributed by atoms with Gasteiger partial charge in [0.05, 0.1) is 11.0 Å². The highest BCUT2D eigenvalue weighted by molar-refractivity contribution is 5.81. The van der Waals surface area contributed by atoms with Gasteiger partial charge in [-0.3, -0.25) is 4.79 Å². The molecule has 0 aliphatic heterocycles. The molecular weight excluding hydrogens is 369 g/mol. The number of nitrogens with zero attached hydrogens (tertiary/aromatic N) is 3. The van der Waals surface area contributed by atoms with Crippen LogP contribution < -0.4 is 5.32 Å². The molecule has 0 spiro atoms. The van der Waals surface area contributed by atoms with Crippen LogP contribution >= 0.6 is 0 Å². The lowest BCUT2D eigenvalue weighted by atomic mass is 10.1. The van der Waals surface area contributed by atoms with Crippen LogP contribution in [0.4, 0.5) is 13.2 Å². The molecule has 8 heteroatoms. The second-order valence-electron chi connectivity index (χ2n) is 6.79. The fourth-order valence-electron chi connectivity index (χ4n) is 3.07. The summed E-state index contributed by atoms with van der Waals surface area (Å²) >= 11 is 0. The highest BCUT2D eigenvalue weighted by Crippen LogP contribution is 2.31. The number of aromatic nitrogens is 2. The van der Waals surface area contributed by atoms with Gasteiger partial charge in [0.1, 0.15) is 6.54 Å². The predicted molar refractivity (Wildman–Crippen MR) is 100 cm³/mol. The third-order valence-corrected chi connectivity index (χ3v) is 4.29. The molecule has 0 unspecified atom stereocenters. The Morgan fingerprint density at radius 3 is 2.39 bits per heavy atom. The molecule has 148 valence electrons. The fraction of sp³-hybridized carbons (Fsp3) is 0.300. The van der Waals surface area contributed by atoms with Gasteiger partial charge in [0, 0.05) is 13.1 Å². The monoisotopic (exact) mass is 390 g/mol. The number of halogens is 3. The SMILES string of the molecule is CN(C)Cc1ccccc1CNC(=O)Cn1c(C(F)(F)F)nc2ccccc21. The Morgan fingerprint density at radius 1 is 1.07 bits per heavy atom. The Kier molecular flexibility index (Phi) is 5.69. The van der Waals surface area contributed by atoms with Crippen molar-refractivity contribution < 1.29 is 18.0 Å². The van der Waals surface area contributed by atoms with Gasteiger partial charge < -0.3 is 14.8 Å². The summed E-state index contributed by atoms with van der Waals surface area (Å²) in [7, 11) is 3.89. The minimum absolute atomic E-state index is 0.207. The third-order valence-electron chi connectivity index (χ3n) is 4.29. The molecular formula is C20H21F3N4O. The Hall–Kier alpha value is -2.87. The molecule has 1 N–H and O–H groups in total. The molecule has 0 bridgehead atoms. The molecule has 0 saturated heterocycles. The number of hydrogen-bond acceptors (Lipinski definition) is 3. The largest absolute Gasteiger partial charge is 0.449 e. The molecule has 28 heavy (non-hydrogen) atoms. The maximum Gasteiger partial charge on any atom is 0.449 e. The van der Waals surface area contributed by atoms with E-state index in [1.54, 1.807) is 12.1 Å². The number of hydrogen-bond donors (Lipinski definition) is 1. The maximum atomic E-state index is 13.3. The lowest BCUT2D eigenvalue weighted by molar-refractivity contribution is -0.147. The molecule has 3 aromatic rings. The van der Waals surface area contributed by atoms with Crippen molar-refractivity contribution in [1.29, 1.82) is 0 Å². The highest BCUT2D eigenvalue weighted by Gasteiger charge is 2.37. The zero-order chi connectivity index (χ0) is 20.3. The van der Waals surface area contributed by atoms with E-state index in [-0.39, 0.29) is 17.6 Å². The average Bonchev–Trinajstić information content (AvgIpc) is 2.99. The van der Waals surface area contributed by atoms with Crippen LogP contribution in [0.2, 0.25) is 0 Å². The van der Waals surface area contributed by atoms with Crippen LogP contribution in [-0.2, 0) is 30.6 Å². The Labute approximate surface area is 160 Å². The van der Waals surface area contributed by atoms with Crippen molar-refractivity contribution in [3.8, 4) is 0 Å².